The number of benzene rings is 2. The molecule has 0 fully saturated rings. The normalized spacial score (nSPS) is 9.71. The molecule has 21 heavy (non-hydrogen) atoms. The first kappa shape index (κ1) is 14.6. The topological polar surface area (TPSA) is 62.1 Å². The first-order chi connectivity index (χ1) is 10.2. The molecular weight excluding hydrogens is 264 g/mol. The van der Waals surface area contributed by atoms with Crippen molar-refractivity contribution in [3.05, 3.63) is 59.7 Å². The van der Waals surface area contributed by atoms with Crippen LogP contribution in [0.25, 0.3) is 0 Å². The zero-order valence-corrected chi connectivity index (χ0v) is 11.8. The number of anilines is 1. The Balaban J connectivity index is 2.13. The number of nitrogens with one attached hydrogen (secondary N) is 1. The fraction of sp³-hybridized carbons (Fsp3) is 0.176. The smallest absolute Gasteiger partial charge is 0.259 e. The van der Waals surface area contributed by atoms with Gasteiger partial charge in [0.15, 0.2) is 0 Å². The van der Waals surface area contributed by atoms with Crippen molar-refractivity contribution < 1.29 is 9.53 Å². The molecule has 1 N–H and O–H groups in total. The third kappa shape index (κ3) is 3.83. The molecule has 2 rings (SSSR count). The summed E-state index contributed by atoms with van der Waals surface area (Å²) in [5.41, 5.74) is 2.11. The van der Waals surface area contributed by atoms with E-state index in [0.717, 1.165) is 5.56 Å². The number of nitriles is 1. The van der Waals surface area contributed by atoms with Gasteiger partial charge in [0, 0.05) is 5.69 Å². The lowest BCUT2D eigenvalue weighted by Crippen LogP contribution is -2.13. The largest absolute Gasteiger partial charge is 0.493 e. The van der Waals surface area contributed by atoms with E-state index >= 15 is 0 Å². The van der Waals surface area contributed by atoms with Gasteiger partial charge >= 0.3 is 0 Å². The highest BCUT2D eigenvalue weighted by Gasteiger charge is 2.11. The van der Waals surface area contributed by atoms with Gasteiger partial charge in [0.1, 0.15) is 5.75 Å². The number of hydrogen-bond donors (Lipinski definition) is 1. The first-order valence-electron chi connectivity index (χ1n) is 6.73. The minimum atomic E-state index is -0.216. The van der Waals surface area contributed by atoms with Crippen molar-refractivity contribution in [3.8, 4) is 11.8 Å². The van der Waals surface area contributed by atoms with E-state index in [1.165, 1.54) is 0 Å². The van der Waals surface area contributed by atoms with E-state index in [1.807, 2.05) is 25.1 Å². The molecule has 0 heterocycles. The van der Waals surface area contributed by atoms with E-state index in [9.17, 15) is 4.79 Å². The van der Waals surface area contributed by atoms with Crippen molar-refractivity contribution in [2.75, 3.05) is 11.9 Å². The van der Waals surface area contributed by atoms with Gasteiger partial charge in [-0.15, -0.1) is 0 Å². The van der Waals surface area contributed by atoms with Crippen LogP contribution in [0.4, 0.5) is 5.69 Å². The maximum absolute atomic E-state index is 12.3. The van der Waals surface area contributed by atoms with Crippen LogP contribution in [0.2, 0.25) is 0 Å². The lowest BCUT2D eigenvalue weighted by Gasteiger charge is -2.10. The van der Waals surface area contributed by atoms with E-state index < -0.39 is 0 Å². The Morgan fingerprint density at radius 2 is 1.90 bits per heavy atom. The summed E-state index contributed by atoms with van der Waals surface area (Å²) in [5, 5.41) is 11.5. The molecule has 2 aromatic carbocycles. The van der Waals surface area contributed by atoms with Crippen molar-refractivity contribution in [2.24, 2.45) is 0 Å². The highest BCUT2D eigenvalue weighted by Crippen LogP contribution is 2.20. The third-order valence-corrected chi connectivity index (χ3v) is 2.93. The summed E-state index contributed by atoms with van der Waals surface area (Å²) in [7, 11) is 0. The molecule has 4 heteroatoms. The Hall–Kier alpha value is -2.80. The van der Waals surface area contributed by atoms with Gasteiger partial charge < -0.3 is 10.1 Å². The number of amides is 1. The van der Waals surface area contributed by atoms with Crippen LogP contribution in [-0.2, 0) is 6.42 Å². The fourth-order valence-corrected chi connectivity index (χ4v) is 1.93. The van der Waals surface area contributed by atoms with Gasteiger partial charge in [-0.25, -0.2) is 0 Å². The summed E-state index contributed by atoms with van der Waals surface area (Å²) in [5.74, 6) is 0.352. The molecule has 0 saturated heterocycles. The molecule has 0 aliphatic carbocycles. The number of carbonyl (C=O) groups is 1. The molecule has 106 valence electrons. The molecule has 0 bridgehead atoms. The second-order valence-corrected chi connectivity index (χ2v) is 4.42. The molecule has 4 nitrogen and oxygen atoms in total. The molecular formula is C17H16N2O2. The molecule has 1 amide bonds. The van der Waals surface area contributed by atoms with Crippen LogP contribution < -0.4 is 10.1 Å². The van der Waals surface area contributed by atoms with Crippen molar-refractivity contribution in [1.29, 1.82) is 5.26 Å². The minimum Gasteiger partial charge on any atom is -0.493 e. The number of ether oxygens (including phenoxy) is 1. The lowest BCUT2D eigenvalue weighted by molar-refractivity contribution is 0.102. The predicted molar refractivity (Wildman–Crippen MR) is 81.3 cm³/mol. The Bertz CT molecular complexity index is 657. The summed E-state index contributed by atoms with van der Waals surface area (Å²) in [6.45, 7) is 2.38. The average Bonchev–Trinajstić information content (AvgIpc) is 2.50. The Labute approximate surface area is 124 Å². The van der Waals surface area contributed by atoms with Crippen molar-refractivity contribution in [3.63, 3.8) is 0 Å². The zero-order valence-electron chi connectivity index (χ0n) is 11.8. The SMILES string of the molecule is CCOc1ccccc1C(=O)Nc1ccc(CC#N)cc1. The van der Waals surface area contributed by atoms with Gasteiger partial charge in [-0.2, -0.15) is 5.26 Å². The first-order valence-corrected chi connectivity index (χ1v) is 6.73. The molecule has 0 aromatic heterocycles. The molecule has 0 aliphatic rings. The summed E-state index contributed by atoms with van der Waals surface area (Å²) in [6.07, 6.45) is 0.362. The Morgan fingerprint density at radius 3 is 2.57 bits per heavy atom. The number of carbonyl (C=O) groups excluding carboxylic acids is 1. The van der Waals surface area contributed by atoms with Crippen LogP contribution in [0, 0.1) is 11.3 Å². The second-order valence-electron chi connectivity index (χ2n) is 4.42. The van der Waals surface area contributed by atoms with Gasteiger partial charge in [0.25, 0.3) is 5.91 Å². The molecule has 0 aliphatic heterocycles. The van der Waals surface area contributed by atoms with Gasteiger partial charge in [-0.3, -0.25) is 4.79 Å². The average molecular weight is 280 g/mol. The molecule has 0 atom stereocenters. The molecule has 0 radical (unpaired) electrons. The summed E-state index contributed by atoms with van der Waals surface area (Å²) in [4.78, 5) is 12.3. The van der Waals surface area contributed by atoms with Crippen LogP contribution in [0.15, 0.2) is 48.5 Å². The maximum atomic E-state index is 12.3. The van der Waals surface area contributed by atoms with Crippen LogP contribution in [0.5, 0.6) is 5.75 Å². The van der Waals surface area contributed by atoms with E-state index in [1.54, 1.807) is 30.3 Å². The van der Waals surface area contributed by atoms with E-state index in [0.29, 0.717) is 30.0 Å². The quantitative estimate of drug-likeness (QED) is 0.913. The number of rotatable bonds is 5. The standard InChI is InChI=1S/C17H16N2O2/c1-2-21-16-6-4-3-5-15(16)17(20)19-14-9-7-13(8-10-14)11-12-18/h3-10H,2,11H2,1H3,(H,19,20). The number of para-hydroxylation sites is 1. The van der Waals surface area contributed by atoms with Crippen LogP contribution >= 0.6 is 0 Å². The highest BCUT2D eigenvalue weighted by molar-refractivity contribution is 6.06. The summed E-state index contributed by atoms with van der Waals surface area (Å²) < 4.78 is 5.45. The summed E-state index contributed by atoms with van der Waals surface area (Å²) in [6, 6.07) is 16.4. The van der Waals surface area contributed by atoms with Gasteiger partial charge in [-0.1, -0.05) is 24.3 Å². The highest BCUT2D eigenvalue weighted by atomic mass is 16.5. The number of nitrogens with zero attached hydrogens (tertiary/aromatic N) is 1. The molecule has 0 saturated carbocycles. The van der Waals surface area contributed by atoms with Crippen molar-refractivity contribution >= 4 is 11.6 Å². The minimum absolute atomic E-state index is 0.216. The van der Waals surface area contributed by atoms with E-state index in [4.69, 9.17) is 10.00 Å². The van der Waals surface area contributed by atoms with Crippen molar-refractivity contribution in [2.45, 2.75) is 13.3 Å². The Kier molecular flexibility index (Phi) is 4.94. The third-order valence-electron chi connectivity index (χ3n) is 2.93. The predicted octanol–water partition coefficient (Wildman–Crippen LogP) is 3.40. The number of hydrogen-bond acceptors (Lipinski definition) is 3. The maximum Gasteiger partial charge on any atom is 0.259 e. The van der Waals surface area contributed by atoms with Gasteiger partial charge in [-0.05, 0) is 36.8 Å². The lowest BCUT2D eigenvalue weighted by atomic mass is 10.1. The van der Waals surface area contributed by atoms with Gasteiger partial charge in [0.2, 0.25) is 0 Å². The van der Waals surface area contributed by atoms with E-state index in [2.05, 4.69) is 11.4 Å². The molecule has 0 spiro atoms. The van der Waals surface area contributed by atoms with Gasteiger partial charge in [0.05, 0.1) is 24.7 Å². The van der Waals surface area contributed by atoms with Crippen LogP contribution in [0.1, 0.15) is 22.8 Å². The molecule has 2 aromatic rings. The fourth-order valence-electron chi connectivity index (χ4n) is 1.93. The summed E-state index contributed by atoms with van der Waals surface area (Å²) >= 11 is 0. The van der Waals surface area contributed by atoms with E-state index in [-0.39, 0.29) is 5.91 Å². The van der Waals surface area contributed by atoms with Crippen LogP contribution in [-0.4, -0.2) is 12.5 Å². The zero-order chi connectivity index (χ0) is 15.1. The second kappa shape index (κ2) is 7.11. The monoisotopic (exact) mass is 280 g/mol. The molecule has 0 unspecified atom stereocenters. The van der Waals surface area contributed by atoms with Crippen LogP contribution in [0.3, 0.4) is 0 Å². The Morgan fingerprint density at radius 1 is 1.19 bits per heavy atom. The van der Waals surface area contributed by atoms with Crippen molar-refractivity contribution in [1.82, 2.24) is 0 Å².